The molecule has 9 heteroatoms. The van der Waals surface area contributed by atoms with Gasteiger partial charge in [0, 0.05) is 18.3 Å². The molecule has 36 heavy (non-hydrogen) atoms. The molecule has 0 radical (unpaired) electrons. The number of aromatic nitrogens is 1. The van der Waals surface area contributed by atoms with Crippen LogP contribution in [0.2, 0.25) is 0 Å². The van der Waals surface area contributed by atoms with Gasteiger partial charge in [0.2, 0.25) is 6.41 Å². The summed E-state index contributed by atoms with van der Waals surface area (Å²) in [7, 11) is 0. The lowest BCUT2D eigenvalue weighted by molar-refractivity contribution is -0.127. The molecule has 0 spiro atoms. The molecule has 1 atom stereocenters. The van der Waals surface area contributed by atoms with Gasteiger partial charge in [0.25, 0.3) is 11.8 Å². The first-order valence-corrected chi connectivity index (χ1v) is 11.4. The maximum Gasteiger partial charge on any atom is 0.261 e. The van der Waals surface area contributed by atoms with Crippen molar-refractivity contribution in [2.75, 3.05) is 10.4 Å². The fourth-order valence-electron chi connectivity index (χ4n) is 3.17. The highest BCUT2D eigenvalue weighted by molar-refractivity contribution is 6.06. The van der Waals surface area contributed by atoms with Gasteiger partial charge in [-0.25, -0.2) is 0 Å². The molecule has 0 saturated carbocycles. The molecule has 3 amide bonds. The highest BCUT2D eigenvalue weighted by Crippen LogP contribution is 2.27. The first-order valence-electron chi connectivity index (χ1n) is 11.4. The lowest BCUT2D eigenvalue weighted by Gasteiger charge is -2.28. The number of hydrogen-bond acceptors (Lipinski definition) is 6. The van der Waals surface area contributed by atoms with Crippen LogP contribution in [-0.2, 0) is 21.0 Å². The zero-order valence-electron chi connectivity index (χ0n) is 20.7. The Labute approximate surface area is 210 Å². The normalized spacial score (nSPS) is 11.8. The highest BCUT2D eigenvalue weighted by Gasteiger charge is 2.21. The molecular weight excluding hydrogens is 460 g/mol. The number of benzene rings is 2. The minimum absolute atomic E-state index is 0.269. The summed E-state index contributed by atoms with van der Waals surface area (Å²) in [5.74, 6) is -0.106. The molecule has 1 unspecified atom stereocenters. The highest BCUT2D eigenvalue weighted by atomic mass is 16.7. The summed E-state index contributed by atoms with van der Waals surface area (Å²) in [6.45, 7) is 7.41. The Bertz CT molecular complexity index is 1180. The van der Waals surface area contributed by atoms with E-state index in [1.165, 1.54) is 0 Å². The molecule has 0 saturated heterocycles. The molecule has 0 fully saturated rings. The molecule has 3 aromatic rings. The number of rotatable bonds is 10. The Morgan fingerprint density at radius 2 is 1.78 bits per heavy atom. The molecule has 188 valence electrons. The van der Waals surface area contributed by atoms with E-state index in [1.54, 1.807) is 80.0 Å². The van der Waals surface area contributed by atoms with Crippen molar-refractivity contribution < 1.29 is 24.0 Å². The number of hydroxylamine groups is 1. The van der Waals surface area contributed by atoms with Gasteiger partial charge in [-0.15, -0.1) is 0 Å². The van der Waals surface area contributed by atoms with Crippen LogP contribution in [0, 0.1) is 0 Å². The third-order valence-corrected chi connectivity index (χ3v) is 4.86. The minimum Gasteiger partial charge on any atom is -0.479 e. The zero-order valence-corrected chi connectivity index (χ0v) is 20.7. The number of nitrogens with one attached hydrogen (secondary N) is 2. The van der Waals surface area contributed by atoms with Gasteiger partial charge >= 0.3 is 0 Å². The standard InChI is InChI=1S/C27H30N4O5/c1-19(35-22-8-7-15-28-17-22)25(33)29-16-20-11-13-21(14-12-20)26(34)30-23-9-5-6-10-24(23)31(18-32)36-27(2,3)4/h5-15,17-19H,16H2,1-4H3,(H,29,33)(H,30,34). The number of para-hydroxylation sites is 2. The lowest BCUT2D eigenvalue weighted by atomic mass is 10.1. The molecule has 2 aromatic carbocycles. The van der Waals surface area contributed by atoms with Crippen LogP contribution in [0.25, 0.3) is 0 Å². The molecule has 3 rings (SSSR count). The van der Waals surface area contributed by atoms with E-state index in [0.717, 1.165) is 10.6 Å². The number of amides is 3. The van der Waals surface area contributed by atoms with Crippen molar-refractivity contribution in [1.29, 1.82) is 0 Å². The van der Waals surface area contributed by atoms with Gasteiger partial charge in [-0.2, -0.15) is 5.06 Å². The first-order chi connectivity index (χ1) is 17.2. The van der Waals surface area contributed by atoms with Gasteiger partial charge in [0.1, 0.15) is 5.75 Å². The van der Waals surface area contributed by atoms with Crippen molar-refractivity contribution in [3.63, 3.8) is 0 Å². The summed E-state index contributed by atoms with van der Waals surface area (Å²) in [5, 5.41) is 6.74. The molecule has 1 aromatic heterocycles. The average molecular weight is 491 g/mol. The van der Waals surface area contributed by atoms with E-state index in [9.17, 15) is 14.4 Å². The van der Waals surface area contributed by atoms with Crippen LogP contribution in [0.15, 0.2) is 73.1 Å². The van der Waals surface area contributed by atoms with Crippen LogP contribution < -0.4 is 20.4 Å². The second-order valence-corrected chi connectivity index (χ2v) is 8.97. The third kappa shape index (κ3) is 7.64. The van der Waals surface area contributed by atoms with E-state index in [0.29, 0.717) is 29.1 Å². The largest absolute Gasteiger partial charge is 0.479 e. The van der Waals surface area contributed by atoms with E-state index in [2.05, 4.69) is 15.6 Å². The molecular formula is C27H30N4O5. The predicted molar refractivity (Wildman–Crippen MR) is 136 cm³/mol. The van der Waals surface area contributed by atoms with Gasteiger partial charge < -0.3 is 15.4 Å². The third-order valence-electron chi connectivity index (χ3n) is 4.86. The van der Waals surface area contributed by atoms with Gasteiger partial charge in [-0.05, 0) is 69.7 Å². The Hall–Kier alpha value is -4.24. The monoisotopic (exact) mass is 490 g/mol. The van der Waals surface area contributed by atoms with Gasteiger partial charge in [-0.3, -0.25) is 24.2 Å². The smallest absolute Gasteiger partial charge is 0.261 e. The minimum atomic E-state index is -0.687. The summed E-state index contributed by atoms with van der Waals surface area (Å²) < 4.78 is 5.57. The number of hydrogen-bond donors (Lipinski definition) is 2. The van der Waals surface area contributed by atoms with Crippen molar-refractivity contribution in [1.82, 2.24) is 10.3 Å². The van der Waals surface area contributed by atoms with E-state index in [4.69, 9.17) is 9.57 Å². The Morgan fingerprint density at radius 1 is 1.06 bits per heavy atom. The maximum atomic E-state index is 12.9. The number of ether oxygens (including phenoxy) is 1. The quantitative estimate of drug-likeness (QED) is 0.327. The molecule has 0 aliphatic carbocycles. The lowest BCUT2D eigenvalue weighted by Crippen LogP contribution is -2.35. The van der Waals surface area contributed by atoms with Crippen LogP contribution in [-0.4, -0.2) is 34.9 Å². The topological polar surface area (TPSA) is 110 Å². The molecule has 1 heterocycles. The van der Waals surface area contributed by atoms with Crippen LogP contribution in [0.5, 0.6) is 5.75 Å². The molecule has 2 N–H and O–H groups in total. The number of nitrogens with zero attached hydrogens (tertiary/aromatic N) is 2. The first kappa shape index (κ1) is 26.4. The van der Waals surface area contributed by atoms with Gasteiger partial charge in [-0.1, -0.05) is 24.3 Å². The Kier molecular flexibility index (Phi) is 8.75. The van der Waals surface area contributed by atoms with Crippen molar-refractivity contribution in [3.05, 3.63) is 84.2 Å². The van der Waals surface area contributed by atoms with Crippen LogP contribution in [0.3, 0.4) is 0 Å². The summed E-state index contributed by atoms with van der Waals surface area (Å²) in [5.41, 5.74) is 1.48. The van der Waals surface area contributed by atoms with Crippen LogP contribution in [0.1, 0.15) is 43.6 Å². The summed E-state index contributed by atoms with van der Waals surface area (Å²) >= 11 is 0. The maximum absolute atomic E-state index is 12.9. The van der Waals surface area contributed by atoms with Crippen molar-refractivity contribution in [3.8, 4) is 5.75 Å². The number of carbonyl (C=O) groups excluding carboxylic acids is 3. The number of pyridine rings is 1. The van der Waals surface area contributed by atoms with Crippen LogP contribution >= 0.6 is 0 Å². The molecule has 0 bridgehead atoms. The Morgan fingerprint density at radius 3 is 2.42 bits per heavy atom. The van der Waals surface area contributed by atoms with Crippen molar-refractivity contribution in [2.45, 2.75) is 45.9 Å². The SMILES string of the molecule is CC(Oc1cccnc1)C(=O)NCc1ccc(C(=O)Nc2ccccc2N(C=O)OC(C)(C)C)cc1. The Balaban J connectivity index is 1.59. The predicted octanol–water partition coefficient (Wildman–Crippen LogP) is 4.11. The summed E-state index contributed by atoms with van der Waals surface area (Å²) in [6, 6.07) is 17.2. The fraction of sp³-hybridized carbons (Fsp3) is 0.259. The number of carbonyl (C=O) groups is 3. The van der Waals surface area contributed by atoms with Crippen molar-refractivity contribution >= 4 is 29.6 Å². The van der Waals surface area contributed by atoms with Crippen LogP contribution in [0.4, 0.5) is 11.4 Å². The van der Waals surface area contributed by atoms with E-state index in [-0.39, 0.29) is 18.4 Å². The zero-order chi connectivity index (χ0) is 26.1. The summed E-state index contributed by atoms with van der Waals surface area (Å²) in [6.07, 6.45) is 3.04. The molecule has 9 nitrogen and oxygen atoms in total. The van der Waals surface area contributed by atoms with E-state index < -0.39 is 11.7 Å². The van der Waals surface area contributed by atoms with Gasteiger partial charge in [0.05, 0.1) is 23.2 Å². The van der Waals surface area contributed by atoms with E-state index >= 15 is 0 Å². The van der Waals surface area contributed by atoms with E-state index in [1.807, 2.05) is 20.8 Å². The summed E-state index contributed by atoms with van der Waals surface area (Å²) in [4.78, 5) is 46.4. The van der Waals surface area contributed by atoms with Crippen molar-refractivity contribution in [2.24, 2.45) is 0 Å². The second-order valence-electron chi connectivity index (χ2n) is 8.97. The molecule has 0 aliphatic rings. The second kappa shape index (κ2) is 11.9. The molecule has 0 aliphatic heterocycles. The van der Waals surface area contributed by atoms with Gasteiger partial charge in [0.15, 0.2) is 6.10 Å². The fourth-order valence-corrected chi connectivity index (χ4v) is 3.17. The average Bonchev–Trinajstić information content (AvgIpc) is 2.86. The number of anilines is 2.